The number of H-pyrrole nitrogens is 1. The van der Waals surface area contributed by atoms with E-state index in [0.29, 0.717) is 11.4 Å². The Hall–Kier alpha value is -3.55. The summed E-state index contributed by atoms with van der Waals surface area (Å²) in [6.07, 6.45) is 0.906. The van der Waals surface area contributed by atoms with Crippen LogP contribution in [0.4, 0.5) is 8.78 Å². The second-order valence-electron chi connectivity index (χ2n) is 5.23. The normalized spacial score (nSPS) is 10.9. The molecular formula is C18H14F2N4O2. The number of benzene rings is 2. The van der Waals surface area contributed by atoms with Gasteiger partial charge in [-0.1, -0.05) is 6.07 Å². The summed E-state index contributed by atoms with van der Waals surface area (Å²) in [7, 11) is 1.57. The molecule has 3 rings (SSSR count). The molecule has 0 radical (unpaired) electrons. The SMILES string of the molecule is COc1ccc(-c2cc(C(=O)NN=Cc3c(F)cccc3F)[nH]n2)cc1. The number of carbonyl (C=O) groups excluding carboxylic acids is 1. The molecule has 1 aromatic heterocycles. The largest absolute Gasteiger partial charge is 0.497 e. The third kappa shape index (κ3) is 3.75. The van der Waals surface area contributed by atoms with Crippen molar-refractivity contribution in [3.63, 3.8) is 0 Å². The van der Waals surface area contributed by atoms with Gasteiger partial charge in [-0.15, -0.1) is 0 Å². The first-order valence-electron chi connectivity index (χ1n) is 7.55. The number of carbonyl (C=O) groups is 1. The van der Waals surface area contributed by atoms with Gasteiger partial charge in [-0.2, -0.15) is 10.2 Å². The number of nitrogens with zero attached hydrogens (tertiary/aromatic N) is 2. The first-order valence-corrected chi connectivity index (χ1v) is 7.55. The van der Waals surface area contributed by atoms with Crippen LogP contribution in [-0.4, -0.2) is 29.4 Å². The molecule has 0 aliphatic carbocycles. The van der Waals surface area contributed by atoms with Gasteiger partial charge in [0.25, 0.3) is 5.91 Å². The van der Waals surface area contributed by atoms with Crippen LogP contribution in [0.3, 0.4) is 0 Å². The zero-order valence-electron chi connectivity index (χ0n) is 13.7. The fourth-order valence-corrected chi connectivity index (χ4v) is 2.20. The van der Waals surface area contributed by atoms with E-state index in [-0.39, 0.29) is 11.3 Å². The van der Waals surface area contributed by atoms with Crippen molar-refractivity contribution >= 4 is 12.1 Å². The summed E-state index contributed by atoms with van der Waals surface area (Å²) in [5, 5.41) is 10.2. The minimum atomic E-state index is -0.772. The van der Waals surface area contributed by atoms with E-state index >= 15 is 0 Å². The first kappa shape index (κ1) is 17.3. The maximum Gasteiger partial charge on any atom is 0.289 e. The fourth-order valence-electron chi connectivity index (χ4n) is 2.20. The van der Waals surface area contributed by atoms with Gasteiger partial charge in [-0.25, -0.2) is 14.2 Å². The molecule has 0 aliphatic rings. The Balaban J connectivity index is 1.69. The van der Waals surface area contributed by atoms with Gasteiger partial charge in [-0.05, 0) is 42.5 Å². The van der Waals surface area contributed by atoms with Gasteiger partial charge in [0, 0.05) is 5.56 Å². The predicted octanol–water partition coefficient (Wildman–Crippen LogP) is 3.13. The number of aromatic nitrogens is 2. The average Bonchev–Trinajstić information content (AvgIpc) is 3.14. The molecule has 0 atom stereocenters. The molecule has 2 aromatic carbocycles. The summed E-state index contributed by atoms with van der Waals surface area (Å²) < 4.78 is 32.0. The van der Waals surface area contributed by atoms with Crippen LogP contribution >= 0.6 is 0 Å². The Morgan fingerprint density at radius 1 is 1.19 bits per heavy atom. The van der Waals surface area contributed by atoms with Crippen LogP contribution in [0.5, 0.6) is 5.75 Å². The third-order valence-corrected chi connectivity index (χ3v) is 3.57. The number of ether oxygens (including phenoxy) is 1. The smallest absolute Gasteiger partial charge is 0.289 e. The number of hydrazone groups is 1. The molecule has 0 spiro atoms. The molecule has 3 aromatic rings. The molecule has 0 fully saturated rings. The lowest BCUT2D eigenvalue weighted by atomic mass is 10.1. The lowest BCUT2D eigenvalue weighted by Gasteiger charge is -2.00. The van der Waals surface area contributed by atoms with Gasteiger partial charge < -0.3 is 4.74 Å². The lowest BCUT2D eigenvalue weighted by molar-refractivity contribution is 0.0950. The van der Waals surface area contributed by atoms with Gasteiger partial charge >= 0.3 is 0 Å². The highest BCUT2D eigenvalue weighted by atomic mass is 19.1. The topological polar surface area (TPSA) is 79.4 Å². The second kappa shape index (κ2) is 7.56. The molecule has 0 saturated heterocycles. The summed E-state index contributed by atoms with van der Waals surface area (Å²) in [5.74, 6) is -1.43. The van der Waals surface area contributed by atoms with Crippen LogP contribution in [0.2, 0.25) is 0 Å². The Morgan fingerprint density at radius 2 is 1.88 bits per heavy atom. The minimum Gasteiger partial charge on any atom is -0.497 e. The van der Waals surface area contributed by atoms with Crippen molar-refractivity contribution in [2.24, 2.45) is 5.10 Å². The predicted molar refractivity (Wildman–Crippen MR) is 92.0 cm³/mol. The average molecular weight is 356 g/mol. The number of rotatable bonds is 5. The number of aromatic amines is 1. The van der Waals surface area contributed by atoms with Crippen LogP contribution in [0.1, 0.15) is 16.1 Å². The number of methoxy groups -OCH3 is 1. The molecule has 0 aliphatic heterocycles. The standard InChI is InChI=1S/C18H14F2N4O2/c1-26-12-7-5-11(6-8-12)16-9-17(23-22-16)18(25)24-21-10-13-14(19)3-2-4-15(13)20/h2-10H,1H3,(H,22,23)(H,24,25). The van der Waals surface area contributed by atoms with E-state index in [4.69, 9.17) is 4.74 Å². The zero-order chi connectivity index (χ0) is 18.5. The van der Waals surface area contributed by atoms with Crippen molar-refractivity contribution < 1.29 is 18.3 Å². The van der Waals surface area contributed by atoms with Crippen molar-refractivity contribution in [1.29, 1.82) is 0 Å². The Kier molecular flexibility index (Phi) is 5.02. The van der Waals surface area contributed by atoms with Crippen LogP contribution in [0.25, 0.3) is 11.3 Å². The molecule has 2 N–H and O–H groups in total. The summed E-state index contributed by atoms with van der Waals surface area (Å²) in [6, 6.07) is 12.1. The van der Waals surface area contributed by atoms with Crippen LogP contribution < -0.4 is 10.2 Å². The molecule has 0 saturated carbocycles. The number of hydrogen-bond acceptors (Lipinski definition) is 4. The fraction of sp³-hybridized carbons (Fsp3) is 0.0556. The van der Waals surface area contributed by atoms with Crippen LogP contribution in [-0.2, 0) is 0 Å². The maximum atomic E-state index is 13.5. The zero-order valence-corrected chi connectivity index (χ0v) is 13.7. The van der Waals surface area contributed by atoms with Gasteiger partial charge in [0.1, 0.15) is 23.1 Å². The molecular weight excluding hydrogens is 342 g/mol. The van der Waals surface area contributed by atoms with Crippen LogP contribution in [0, 0.1) is 11.6 Å². The molecule has 0 unspecified atom stereocenters. The highest BCUT2D eigenvalue weighted by molar-refractivity contribution is 5.94. The van der Waals surface area contributed by atoms with E-state index in [9.17, 15) is 13.6 Å². The summed E-state index contributed by atoms with van der Waals surface area (Å²) in [5.41, 5.74) is 3.36. The van der Waals surface area contributed by atoms with Gasteiger partial charge in [-0.3, -0.25) is 9.89 Å². The lowest BCUT2D eigenvalue weighted by Crippen LogP contribution is -2.18. The maximum absolute atomic E-state index is 13.5. The van der Waals surface area contributed by atoms with Gasteiger partial charge in [0.05, 0.1) is 24.6 Å². The molecule has 1 amide bonds. The van der Waals surface area contributed by atoms with E-state index in [1.54, 1.807) is 31.4 Å². The molecule has 6 nitrogen and oxygen atoms in total. The van der Waals surface area contributed by atoms with E-state index in [0.717, 1.165) is 23.9 Å². The number of nitrogens with one attached hydrogen (secondary N) is 2. The monoisotopic (exact) mass is 356 g/mol. The van der Waals surface area contributed by atoms with Crippen molar-refractivity contribution in [3.8, 4) is 17.0 Å². The Labute approximate surface area is 147 Å². The summed E-state index contributed by atoms with van der Waals surface area (Å²) in [4.78, 5) is 12.0. The minimum absolute atomic E-state index is 0.155. The number of hydrogen-bond donors (Lipinski definition) is 2. The van der Waals surface area contributed by atoms with Crippen LogP contribution in [0.15, 0.2) is 53.6 Å². The first-order chi connectivity index (χ1) is 12.6. The second-order valence-corrected chi connectivity index (χ2v) is 5.23. The molecule has 0 bridgehead atoms. The number of amides is 1. The van der Waals surface area contributed by atoms with Crippen molar-refractivity contribution in [1.82, 2.24) is 15.6 Å². The highest BCUT2D eigenvalue weighted by Gasteiger charge is 2.11. The van der Waals surface area contributed by atoms with E-state index in [2.05, 4.69) is 20.7 Å². The third-order valence-electron chi connectivity index (χ3n) is 3.57. The summed E-state index contributed by atoms with van der Waals surface area (Å²) >= 11 is 0. The summed E-state index contributed by atoms with van der Waals surface area (Å²) in [6.45, 7) is 0. The molecule has 26 heavy (non-hydrogen) atoms. The Morgan fingerprint density at radius 3 is 2.54 bits per heavy atom. The van der Waals surface area contributed by atoms with Gasteiger partial charge in [0.15, 0.2) is 0 Å². The van der Waals surface area contributed by atoms with Crippen molar-refractivity contribution in [2.45, 2.75) is 0 Å². The molecule has 8 heteroatoms. The molecule has 1 heterocycles. The van der Waals surface area contributed by atoms with E-state index in [1.165, 1.54) is 12.1 Å². The highest BCUT2D eigenvalue weighted by Crippen LogP contribution is 2.21. The number of halogens is 2. The molecule has 132 valence electrons. The van der Waals surface area contributed by atoms with Crippen molar-refractivity contribution in [2.75, 3.05) is 7.11 Å². The van der Waals surface area contributed by atoms with Crippen molar-refractivity contribution in [3.05, 3.63) is 71.4 Å². The van der Waals surface area contributed by atoms with E-state index < -0.39 is 17.5 Å². The quantitative estimate of drug-likeness (QED) is 0.544. The van der Waals surface area contributed by atoms with E-state index in [1.807, 2.05) is 0 Å². The Bertz CT molecular complexity index is 932. The van der Waals surface area contributed by atoms with Gasteiger partial charge in [0.2, 0.25) is 0 Å².